The van der Waals surface area contributed by atoms with Crippen LogP contribution in [0.5, 0.6) is 0 Å². The molecule has 4 atom stereocenters. The van der Waals surface area contributed by atoms with Gasteiger partial charge in [-0.2, -0.15) is 0 Å². The van der Waals surface area contributed by atoms with Crippen LogP contribution in [-0.2, 0) is 82.9 Å². The molecule has 0 fully saturated rings. The largest absolute Gasteiger partial charge is 0.481 e. The van der Waals surface area contributed by atoms with Crippen LogP contribution in [0.2, 0.25) is 0 Å². The van der Waals surface area contributed by atoms with E-state index in [2.05, 4.69) is 31.2 Å². The monoisotopic (exact) mass is 1270 g/mol. The number of aryl methyl sites for hydroxylation is 1. The van der Waals surface area contributed by atoms with Gasteiger partial charge in [0.25, 0.3) is 0 Å². The van der Waals surface area contributed by atoms with E-state index in [4.69, 9.17) is 24.1 Å². The van der Waals surface area contributed by atoms with Crippen molar-refractivity contribution in [3.63, 3.8) is 0 Å². The molecule has 0 aliphatic carbocycles. The average Bonchev–Trinajstić information content (AvgIpc) is 4.23. The van der Waals surface area contributed by atoms with Crippen LogP contribution in [0.15, 0.2) is 12.5 Å². The van der Waals surface area contributed by atoms with Gasteiger partial charge in [0, 0.05) is 95.3 Å². The van der Waals surface area contributed by atoms with E-state index in [-0.39, 0.29) is 146 Å². The van der Waals surface area contributed by atoms with Crippen molar-refractivity contribution in [2.24, 2.45) is 11.8 Å². The number of amides is 4. The van der Waals surface area contributed by atoms with E-state index in [1.165, 1.54) is 19.3 Å². The highest BCUT2D eigenvalue weighted by Gasteiger charge is 2.27. The Morgan fingerprint density at radius 1 is 0.427 bits per heavy atom. The number of hydrogen-bond acceptors (Lipinski definition) is 18. The Hall–Kier alpha value is -6.55. The third-order valence-corrected chi connectivity index (χ3v) is 14.7. The van der Waals surface area contributed by atoms with E-state index >= 15 is 0 Å². The van der Waals surface area contributed by atoms with Gasteiger partial charge in [-0.25, -0.2) is 14.6 Å². The van der Waals surface area contributed by atoms with Crippen LogP contribution in [0, 0.1) is 11.8 Å². The van der Waals surface area contributed by atoms with Gasteiger partial charge >= 0.3 is 23.9 Å². The zero-order valence-corrected chi connectivity index (χ0v) is 52.1. The van der Waals surface area contributed by atoms with Crippen LogP contribution in [-0.4, -0.2) is 191 Å². The SMILES string of the molecule is O=C(O)CCCCCCCCCCCCCCCCC(=O)N[C@@H](CCC(=O)C[C@@H](CCC(=O)N[C@@H](CCC(=O)CCCOCCOCC(=O)NCCOCCOCC(=O)NCCCC[C@H](CCC(=O)CCc1cnc[nH]1)C(=O)CO)C(=O)O)C(=O)O)C(=O)O. The fourth-order valence-corrected chi connectivity index (χ4v) is 9.46. The highest BCUT2D eigenvalue weighted by molar-refractivity contribution is 5.88. The minimum Gasteiger partial charge on any atom is -0.481 e. The Balaban J connectivity index is 2.12. The molecule has 0 radical (unpaired) electrons. The Morgan fingerprint density at radius 2 is 0.910 bits per heavy atom. The molecule has 4 amide bonds. The number of Topliss-reactive ketones (excluding diaryl/α,β-unsaturated/α-hetero) is 4. The number of aromatic amines is 1. The smallest absolute Gasteiger partial charge is 0.326 e. The summed E-state index contributed by atoms with van der Waals surface area (Å²) in [6, 6.07) is -2.79. The highest BCUT2D eigenvalue weighted by atomic mass is 16.5. The molecule has 0 aliphatic heterocycles. The van der Waals surface area contributed by atoms with Crippen molar-refractivity contribution in [1.82, 2.24) is 31.2 Å². The molecule has 506 valence electrons. The molecule has 0 spiro atoms. The van der Waals surface area contributed by atoms with Crippen molar-refractivity contribution in [3.8, 4) is 0 Å². The molecule has 27 heteroatoms. The molecule has 0 bridgehead atoms. The average molecular weight is 1270 g/mol. The summed E-state index contributed by atoms with van der Waals surface area (Å²) >= 11 is 0. The second-order valence-corrected chi connectivity index (χ2v) is 22.3. The number of aliphatic hydroxyl groups is 1. The number of carboxylic acid groups (broad SMARTS) is 4. The minimum atomic E-state index is -1.44. The second-order valence-electron chi connectivity index (χ2n) is 22.3. The highest BCUT2D eigenvalue weighted by Crippen LogP contribution is 2.19. The number of rotatable bonds is 63. The molecule has 0 aliphatic rings. The maximum atomic E-state index is 12.8. The van der Waals surface area contributed by atoms with Crippen molar-refractivity contribution in [3.05, 3.63) is 18.2 Å². The zero-order valence-electron chi connectivity index (χ0n) is 52.1. The summed E-state index contributed by atoms with van der Waals surface area (Å²) in [6.07, 6.45) is 19.1. The minimum absolute atomic E-state index is 0.0356. The lowest BCUT2D eigenvalue weighted by Crippen LogP contribution is -2.41. The maximum Gasteiger partial charge on any atom is 0.326 e. The number of aromatic nitrogens is 2. The normalized spacial score (nSPS) is 12.5. The van der Waals surface area contributed by atoms with Gasteiger partial charge in [-0.05, 0) is 64.2 Å². The van der Waals surface area contributed by atoms with Gasteiger partial charge in [0.05, 0.1) is 45.3 Å². The standard InChI is InChI=1S/C62H102N6O21/c69-42-54(73)46(22-25-50(71)26-24-48-41-63-45-66-48)18-15-16-32-64-57(76)43-89-39-37-87-35-33-65-58(77)44-88-38-36-86-34-17-19-49(70)27-29-52(61(82)83)68-56(75)31-23-47(60(80)81)40-51(72)28-30-53(62(84)85)67-55(74)20-13-11-9-7-5-3-1-2-4-6-8-10-12-14-21-59(78)79/h41,45-47,52-53,69H,1-40,42-44H2,(H,63,66)(H,64,76)(H,65,77)(H,67,74)(H,68,75)(H,78,79)(H,80,81)(H,82,83)(H,84,85)/t46-,47-,52+,53+/m1/s1. The fourth-order valence-electron chi connectivity index (χ4n) is 9.46. The van der Waals surface area contributed by atoms with Crippen molar-refractivity contribution >= 4 is 70.6 Å². The third-order valence-electron chi connectivity index (χ3n) is 14.7. The Morgan fingerprint density at radius 3 is 1.44 bits per heavy atom. The Bertz CT molecular complexity index is 2210. The van der Waals surface area contributed by atoms with E-state index in [0.717, 1.165) is 69.9 Å². The number of aliphatic hydroxyl groups excluding tert-OH is 1. The lowest BCUT2D eigenvalue weighted by molar-refractivity contribution is -0.145. The summed E-state index contributed by atoms with van der Waals surface area (Å²) in [5, 5.41) is 57.2. The number of carboxylic acids is 4. The van der Waals surface area contributed by atoms with Crippen molar-refractivity contribution in [2.45, 2.75) is 218 Å². The lowest BCUT2D eigenvalue weighted by atomic mass is 9.91. The van der Waals surface area contributed by atoms with Crippen LogP contribution in [0.3, 0.4) is 0 Å². The quantitative estimate of drug-likeness (QED) is 0.0377. The predicted molar refractivity (Wildman–Crippen MR) is 323 cm³/mol. The Kier molecular flexibility index (Phi) is 48.2. The number of hydrogen-bond donors (Lipinski definition) is 10. The molecule has 1 rings (SSSR count). The van der Waals surface area contributed by atoms with Crippen LogP contribution in [0.4, 0.5) is 0 Å². The van der Waals surface area contributed by atoms with Gasteiger partial charge in [-0.1, -0.05) is 83.5 Å². The number of ether oxygens (including phenoxy) is 4. The molecular weight excluding hydrogens is 1160 g/mol. The molecule has 1 aromatic rings. The topological polar surface area (TPSA) is 420 Å². The molecule has 1 aromatic heterocycles. The number of carbonyl (C=O) groups excluding carboxylic acids is 8. The summed E-state index contributed by atoms with van der Waals surface area (Å²) in [7, 11) is 0. The summed E-state index contributed by atoms with van der Waals surface area (Å²) in [4.78, 5) is 152. The summed E-state index contributed by atoms with van der Waals surface area (Å²) in [5.74, 6) is -9.68. The third kappa shape index (κ3) is 47.1. The molecule has 10 N–H and O–H groups in total. The first kappa shape index (κ1) is 80.5. The van der Waals surface area contributed by atoms with Gasteiger partial charge in [0.15, 0.2) is 5.78 Å². The number of carbonyl (C=O) groups is 12. The first-order valence-electron chi connectivity index (χ1n) is 31.8. The molecule has 89 heavy (non-hydrogen) atoms. The van der Waals surface area contributed by atoms with Gasteiger partial charge in [0.1, 0.15) is 49.3 Å². The van der Waals surface area contributed by atoms with Gasteiger partial charge < -0.3 is 70.7 Å². The molecule has 0 saturated heterocycles. The molecule has 0 saturated carbocycles. The van der Waals surface area contributed by atoms with Gasteiger partial charge in [-0.15, -0.1) is 0 Å². The van der Waals surface area contributed by atoms with E-state index < -0.39 is 84.8 Å². The summed E-state index contributed by atoms with van der Waals surface area (Å²) < 4.78 is 21.5. The van der Waals surface area contributed by atoms with E-state index in [0.29, 0.717) is 57.9 Å². The van der Waals surface area contributed by atoms with Crippen LogP contribution in [0.1, 0.15) is 205 Å². The second kappa shape index (κ2) is 53.3. The molecular formula is C62H102N6O21. The van der Waals surface area contributed by atoms with Crippen molar-refractivity contribution in [1.29, 1.82) is 0 Å². The molecule has 27 nitrogen and oxygen atoms in total. The fraction of sp³-hybridized carbons (Fsp3) is 0.758. The lowest BCUT2D eigenvalue weighted by Gasteiger charge is -2.17. The van der Waals surface area contributed by atoms with Crippen molar-refractivity contribution in [2.75, 3.05) is 72.6 Å². The number of H-pyrrole nitrogens is 1. The van der Waals surface area contributed by atoms with Crippen LogP contribution < -0.4 is 21.3 Å². The first-order chi connectivity index (χ1) is 42.8. The van der Waals surface area contributed by atoms with E-state index in [1.54, 1.807) is 12.5 Å². The van der Waals surface area contributed by atoms with Crippen molar-refractivity contribution < 1.29 is 102 Å². The summed E-state index contributed by atoms with van der Waals surface area (Å²) in [6.45, 7) is 0.523. The molecule has 1 heterocycles. The number of ketones is 4. The number of nitrogens with zero attached hydrogens (tertiary/aromatic N) is 1. The molecule has 0 aromatic carbocycles. The number of aliphatic carboxylic acids is 4. The van der Waals surface area contributed by atoms with Gasteiger partial charge in [0.2, 0.25) is 23.6 Å². The van der Waals surface area contributed by atoms with Gasteiger partial charge in [-0.3, -0.25) is 47.9 Å². The predicted octanol–water partition coefficient (Wildman–Crippen LogP) is 5.15. The van der Waals surface area contributed by atoms with E-state index in [1.807, 2.05) is 0 Å². The number of nitrogens with one attached hydrogen (secondary N) is 5. The number of imidazole rings is 1. The zero-order chi connectivity index (χ0) is 65.7. The maximum absolute atomic E-state index is 12.8. The summed E-state index contributed by atoms with van der Waals surface area (Å²) in [5.41, 5.74) is 0.862. The molecule has 0 unspecified atom stereocenters. The van der Waals surface area contributed by atoms with E-state index in [9.17, 15) is 78.0 Å². The first-order valence-corrected chi connectivity index (χ1v) is 31.8. The van der Waals surface area contributed by atoms with Crippen LogP contribution >= 0.6 is 0 Å². The van der Waals surface area contributed by atoms with Crippen LogP contribution in [0.25, 0.3) is 0 Å². The Labute approximate surface area is 522 Å². The number of unbranched alkanes of at least 4 members (excludes halogenated alkanes) is 14.